The molecule has 2 nitrogen and oxygen atoms in total. The third-order valence-corrected chi connectivity index (χ3v) is 10.1. The molecule has 2 heteroatoms. The summed E-state index contributed by atoms with van der Waals surface area (Å²) in [5.41, 5.74) is 14.5. The van der Waals surface area contributed by atoms with Crippen LogP contribution >= 0.6 is 0 Å². The van der Waals surface area contributed by atoms with E-state index in [-0.39, 0.29) is 0 Å². The Morgan fingerprint density at radius 1 is 0.260 bits per heavy atom. The first-order valence-corrected chi connectivity index (χ1v) is 17.2. The van der Waals surface area contributed by atoms with Gasteiger partial charge in [-0.05, 0) is 88.0 Å². The molecule has 0 bridgehead atoms. The van der Waals surface area contributed by atoms with Gasteiger partial charge in [0.2, 0.25) is 0 Å². The molecule has 0 unspecified atom stereocenters. The maximum atomic E-state index is 2.41. The summed E-state index contributed by atoms with van der Waals surface area (Å²) in [7, 11) is 0. The largest absolute Gasteiger partial charge is 0.309 e. The smallest absolute Gasteiger partial charge is 0.0547 e. The molecule has 2 aromatic heterocycles. The summed E-state index contributed by atoms with van der Waals surface area (Å²) in [6.45, 7) is 0. The molecule has 10 aromatic rings. The van der Waals surface area contributed by atoms with E-state index in [0.717, 1.165) is 11.4 Å². The van der Waals surface area contributed by atoms with Crippen LogP contribution in [0.25, 0.3) is 88.4 Å². The molecule has 0 fully saturated rings. The maximum absolute atomic E-state index is 2.41. The molecule has 2 heterocycles. The standard InChI is InChI=1S/C48H32N2/c1-3-12-33(13-4-1)35-22-27-38(28-23-35)49-44-19-9-7-16-41(44)43-32-37(26-31-46(43)49)40-18-11-21-47-48(40)42-17-8-10-20-45(42)50(47)39-29-24-36(25-30-39)34-14-5-2-6-15-34/h1-32H. The number of aromatic nitrogens is 2. The Balaban J connectivity index is 1.13. The highest BCUT2D eigenvalue weighted by Crippen LogP contribution is 2.41. The van der Waals surface area contributed by atoms with Crippen LogP contribution < -0.4 is 0 Å². The molecule has 0 amide bonds. The van der Waals surface area contributed by atoms with Gasteiger partial charge in [0, 0.05) is 32.9 Å². The van der Waals surface area contributed by atoms with Crippen LogP contribution in [0.4, 0.5) is 0 Å². The molecule has 0 N–H and O–H groups in total. The molecule has 0 saturated heterocycles. The van der Waals surface area contributed by atoms with Crippen molar-refractivity contribution in [2.24, 2.45) is 0 Å². The highest BCUT2D eigenvalue weighted by molar-refractivity contribution is 6.17. The summed E-state index contributed by atoms with van der Waals surface area (Å²) in [4.78, 5) is 0. The van der Waals surface area contributed by atoms with Gasteiger partial charge in [-0.3, -0.25) is 0 Å². The lowest BCUT2D eigenvalue weighted by atomic mass is 9.98. The van der Waals surface area contributed by atoms with Crippen LogP contribution in [0.5, 0.6) is 0 Å². The van der Waals surface area contributed by atoms with Crippen LogP contribution in [0, 0.1) is 0 Å². The van der Waals surface area contributed by atoms with Gasteiger partial charge in [-0.15, -0.1) is 0 Å². The van der Waals surface area contributed by atoms with E-state index in [1.807, 2.05) is 0 Å². The Morgan fingerprint density at radius 2 is 0.700 bits per heavy atom. The van der Waals surface area contributed by atoms with Crippen LogP contribution in [0.2, 0.25) is 0 Å². The predicted octanol–water partition coefficient (Wildman–Crippen LogP) is 12.9. The fourth-order valence-corrected chi connectivity index (χ4v) is 7.82. The van der Waals surface area contributed by atoms with Crippen LogP contribution in [-0.4, -0.2) is 9.13 Å². The number of rotatable bonds is 5. The molecule has 10 rings (SSSR count). The van der Waals surface area contributed by atoms with Crippen LogP contribution in [-0.2, 0) is 0 Å². The average Bonchev–Trinajstić information content (AvgIpc) is 3.71. The normalized spacial score (nSPS) is 11.6. The molecule has 50 heavy (non-hydrogen) atoms. The minimum Gasteiger partial charge on any atom is -0.309 e. The van der Waals surface area contributed by atoms with E-state index in [4.69, 9.17) is 0 Å². The number of para-hydroxylation sites is 2. The number of hydrogen-bond acceptors (Lipinski definition) is 0. The van der Waals surface area contributed by atoms with Crippen LogP contribution in [0.1, 0.15) is 0 Å². The Kier molecular flexibility index (Phi) is 6.53. The van der Waals surface area contributed by atoms with Crippen molar-refractivity contribution in [1.29, 1.82) is 0 Å². The Hall–Kier alpha value is -6.64. The first-order valence-electron chi connectivity index (χ1n) is 17.2. The minimum atomic E-state index is 1.16. The highest BCUT2D eigenvalue weighted by Gasteiger charge is 2.18. The van der Waals surface area contributed by atoms with E-state index in [1.165, 1.54) is 77.0 Å². The fourth-order valence-electron chi connectivity index (χ4n) is 7.82. The molecule has 0 saturated carbocycles. The summed E-state index contributed by atoms with van der Waals surface area (Å²) in [6.07, 6.45) is 0. The first-order chi connectivity index (χ1) is 24.8. The molecule has 8 aromatic carbocycles. The molecular formula is C48H32N2. The number of nitrogens with zero attached hydrogens (tertiary/aromatic N) is 2. The van der Waals surface area contributed by atoms with Gasteiger partial charge in [-0.1, -0.05) is 140 Å². The topological polar surface area (TPSA) is 9.86 Å². The van der Waals surface area contributed by atoms with Crippen molar-refractivity contribution < 1.29 is 0 Å². The van der Waals surface area contributed by atoms with E-state index in [2.05, 4.69) is 203 Å². The van der Waals surface area contributed by atoms with Crippen molar-refractivity contribution in [3.8, 4) is 44.8 Å². The van der Waals surface area contributed by atoms with Crippen LogP contribution in [0.15, 0.2) is 194 Å². The minimum absolute atomic E-state index is 1.16. The highest BCUT2D eigenvalue weighted by atomic mass is 15.0. The van der Waals surface area contributed by atoms with Gasteiger partial charge in [-0.25, -0.2) is 0 Å². The van der Waals surface area contributed by atoms with Gasteiger partial charge < -0.3 is 9.13 Å². The molecular weight excluding hydrogens is 605 g/mol. The van der Waals surface area contributed by atoms with Crippen molar-refractivity contribution in [1.82, 2.24) is 9.13 Å². The Labute approximate surface area is 290 Å². The summed E-state index contributed by atoms with van der Waals surface area (Å²) < 4.78 is 4.81. The molecule has 234 valence electrons. The third-order valence-electron chi connectivity index (χ3n) is 10.1. The quantitative estimate of drug-likeness (QED) is 0.178. The lowest BCUT2D eigenvalue weighted by molar-refractivity contribution is 1.18. The van der Waals surface area contributed by atoms with Crippen LogP contribution in [0.3, 0.4) is 0 Å². The zero-order chi connectivity index (χ0) is 33.0. The SMILES string of the molecule is c1ccc(-c2ccc(-n3c4ccccc4c4cc(-c5cccc6c5c5ccccc5n6-c5ccc(-c6ccccc6)cc5)ccc43)cc2)cc1. The molecule has 0 spiro atoms. The Bertz CT molecular complexity index is 2820. The average molecular weight is 637 g/mol. The predicted molar refractivity (Wildman–Crippen MR) is 211 cm³/mol. The lowest BCUT2D eigenvalue weighted by Crippen LogP contribution is -1.94. The van der Waals surface area contributed by atoms with Gasteiger partial charge >= 0.3 is 0 Å². The molecule has 0 aliphatic rings. The van der Waals surface area contributed by atoms with E-state index in [1.54, 1.807) is 0 Å². The van der Waals surface area contributed by atoms with Gasteiger partial charge in [0.1, 0.15) is 0 Å². The van der Waals surface area contributed by atoms with Gasteiger partial charge in [0.05, 0.1) is 22.1 Å². The zero-order valence-electron chi connectivity index (χ0n) is 27.4. The van der Waals surface area contributed by atoms with E-state index in [0.29, 0.717) is 0 Å². The third kappa shape index (κ3) is 4.50. The second kappa shape index (κ2) is 11.5. The van der Waals surface area contributed by atoms with Gasteiger partial charge in [-0.2, -0.15) is 0 Å². The zero-order valence-corrected chi connectivity index (χ0v) is 27.4. The Morgan fingerprint density at radius 3 is 1.32 bits per heavy atom. The van der Waals surface area contributed by atoms with Gasteiger partial charge in [0.15, 0.2) is 0 Å². The van der Waals surface area contributed by atoms with Crippen molar-refractivity contribution >= 4 is 43.6 Å². The summed E-state index contributed by atoms with van der Waals surface area (Å²) in [5.74, 6) is 0. The second-order valence-corrected chi connectivity index (χ2v) is 13.0. The molecule has 0 radical (unpaired) electrons. The second-order valence-electron chi connectivity index (χ2n) is 13.0. The lowest BCUT2D eigenvalue weighted by Gasteiger charge is -2.11. The molecule has 0 aliphatic heterocycles. The summed E-state index contributed by atoms with van der Waals surface area (Å²) in [5, 5.41) is 5.04. The monoisotopic (exact) mass is 636 g/mol. The van der Waals surface area contributed by atoms with Crippen molar-refractivity contribution in [2.45, 2.75) is 0 Å². The van der Waals surface area contributed by atoms with E-state index < -0.39 is 0 Å². The van der Waals surface area contributed by atoms with Crippen molar-refractivity contribution in [2.75, 3.05) is 0 Å². The number of benzene rings is 8. The maximum Gasteiger partial charge on any atom is 0.0547 e. The van der Waals surface area contributed by atoms with Crippen molar-refractivity contribution in [3.63, 3.8) is 0 Å². The van der Waals surface area contributed by atoms with E-state index >= 15 is 0 Å². The summed E-state index contributed by atoms with van der Waals surface area (Å²) in [6, 6.07) is 70.3. The summed E-state index contributed by atoms with van der Waals surface area (Å²) >= 11 is 0. The van der Waals surface area contributed by atoms with Crippen molar-refractivity contribution in [3.05, 3.63) is 194 Å². The van der Waals surface area contributed by atoms with Gasteiger partial charge in [0.25, 0.3) is 0 Å². The van der Waals surface area contributed by atoms with E-state index in [9.17, 15) is 0 Å². The fraction of sp³-hybridized carbons (Fsp3) is 0. The number of hydrogen-bond donors (Lipinski definition) is 0. The molecule has 0 atom stereocenters. The number of fused-ring (bicyclic) bond motifs is 6. The first kappa shape index (κ1) is 28.4. The molecule has 0 aliphatic carbocycles.